The summed E-state index contributed by atoms with van der Waals surface area (Å²) in [6, 6.07) is 4.21. The normalized spacial score (nSPS) is 19.5. The van der Waals surface area contributed by atoms with E-state index in [4.69, 9.17) is 5.73 Å². The summed E-state index contributed by atoms with van der Waals surface area (Å²) in [4.78, 5) is 4.36. The summed E-state index contributed by atoms with van der Waals surface area (Å²) in [7, 11) is 0. The molecule has 0 aliphatic heterocycles. The smallest absolute Gasteiger partial charge is 0.0602 e. The Bertz CT molecular complexity index is 292. The third-order valence-electron chi connectivity index (χ3n) is 3.02. The maximum Gasteiger partial charge on any atom is 0.0602 e. The van der Waals surface area contributed by atoms with Crippen LogP contribution in [0.4, 0.5) is 0 Å². The molecule has 0 bridgehead atoms. The minimum absolute atomic E-state index is 0.162. The number of nitrogens with two attached hydrogens (primary N) is 1. The minimum atomic E-state index is 0.162. The third-order valence-corrected chi connectivity index (χ3v) is 3.02. The van der Waals surface area contributed by atoms with Crippen molar-refractivity contribution in [3.05, 3.63) is 29.6 Å². The summed E-state index contributed by atoms with van der Waals surface area (Å²) in [5.74, 6) is 0.675. The van der Waals surface area contributed by atoms with Crippen molar-refractivity contribution in [3.8, 4) is 0 Å². The van der Waals surface area contributed by atoms with Gasteiger partial charge in [-0.3, -0.25) is 4.98 Å². The van der Waals surface area contributed by atoms with Crippen LogP contribution in [0, 0.1) is 12.8 Å². The van der Waals surface area contributed by atoms with Crippen LogP contribution in [-0.2, 0) is 0 Å². The van der Waals surface area contributed by atoms with E-state index < -0.39 is 0 Å². The van der Waals surface area contributed by atoms with Crippen LogP contribution in [0.3, 0.4) is 0 Å². The second-order valence-corrected chi connectivity index (χ2v) is 3.92. The van der Waals surface area contributed by atoms with Crippen molar-refractivity contribution in [1.29, 1.82) is 0 Å². The largest absolute Gasteiger partial charge is 0.322 e. The van der Waals surface area contributed by atoms with Crippen molar-refractivity contribution in [2.24, 2.45) is 11.7 Å². The van der Waals surface area contributed by atoms with Crippen molar-refractivity contribution in [2.75, 3.05) is 0 Å². The van der Waals surface area contributed by atoms with Gasteiger partial charge in [-0.25, -0.2) is 0 Å². The van der Waals surface area contributed by atoms with Gasteiger partial charge in [0.2, 0.25) is 0 Å². The van der Waals surface area contributed by atoms with E-state index in [0.29, 0.717) is 5.92 Å². The molecule has 0 amide bonds. The predicted molar refractivity (Wildman–Crippen MR) is 53.2 cm³/mol. The van der Waals surface area contributed by atoms with Gasteiger partial charge in [0, 0.05) is 6.20 Å². The summed E-state index contributed by atoms with van der Waals surface area (Å²) < 4.78 is 0. The van der Waals surface area contributed by atoms with Gasteiger partial charge in [-0.05, 0) is 37.3 Å². The lowest BCUT2D eigenvalue weighted by molar-refractivity contribution is 0.260. The van der Waals surface area contributed by atoms with Gasteiger partial charge in [-0.15, -0.1) is 0 Å². The summed E-state index contributed by atoms with van der Waals surface area (Å²) in [5, 5.41) is 0. The molecule has 0 unspecified atom stereocenters. The standard InChI is InChI=1S/C11H16N2/c1-8-4-3-7-13-11(8)10(12)9-5-2-6-9/h3-4,7,9-10H,2,5-6,12H2,1H3/t10-/m1/s1. The minimum Gasteiger partial charge on any atom is -0.322 e. The van der Waals surface area contributed by atoms with Gasteiger partial charge in [0.1, 0.15) is 0 Å². The Morgan fingerprint density at radius 1 is 1.54 bits per heavy atom. The van der Waals surface area contributed by atoms with Crippen LogP contribution in [0.15, 0.2) is 18.3 Å². The first-order valence-electron chi connectivity index (χ1n) is 4.96. The highest BCUT2D eigenvalue weighted by molar-refractivity contribution is 5.21. The fourth-order valence-corrected chi connectivity index (χ4v) is 1.87. The van der Waals surface area contributed by atoms with E-state index in [2.05, 4.69) is 18.0 Å². The van der Waals surface area contributed by atoms with E-state index in [1.54, 1.807) is 0 Å². The van der Waals surface area contributed by atoms with E-state index in [1.165, 1.54) is 24.8 Å². The molecule has 1 aliphatic rings. The summed E-state index contributed by atoms with van der Waals surface area (Å²) in [6.45, 7) is 2.08. The molecule has 0 spiro atoms. The zero-order valence-electron chi connectivity index (χ0n) is 8.03. The molecule has 0 radical (unpaired) electrons. The molecule has 1 aromatic rings. The monoisotopic (exact) mass is 176 g/mol. The highest BCUT2D eigenvalue weighted by Gasteiger charge is 2.26. The average molecular weight is 176 g/mol. The Morgan fingerprint density at radius 2 is 2.31 bits per heavy atom. The molecule has 0 aromatic carbocycles. The number of nitrogens with zero attached hydrogens (tertiary/aromatic N) is 1. The van der Waals surface area contributed by atoms with E-state index in [0.717, 1.165) is 5.69 Å². The average Bonchev–Trinajstić information content (AvgIpc) is 2.01. The van der Waals surface area contributed by atoms with E-state index in [-0.39, 0.29) is 6.04 Å². The Balaban J connectivity index is 2.18. The quantitative estimate of drug-likeness (QED) is 0.750. The summed E-state index contributed by atoms with van der Waals surface area (Å²) >= 11 is 0. The number of aromatic nitrogens is 1. The molecule has 2 nitrogen and oxygen atoms in total. The lowest BCUT2D eigenvalue weighted by atomic mass is 9.78. The van der Waals surface area contributed by atoms with Gasteiger partial charge in [0.05, 0.1) is 11.7 Å². The molecule has 13 heavy (non-hydrogen) atoms. The molecular formula is C11H16N2. The molecule has 70 valence electrons. The second-order valence-electron chi connectivity index (χ2n) is 3.92. The number of aryl methyl sites for hydroxylation is 1. The van der Waals surface area contributed by atoms with Gasteiger partial charge in [-0.2, -0.15) is 0 Å². The molecule has 2 heteroatoms. The Morgan fingerprint density at radius 3 is 2.85 bits per heavy atom. The zero-order chi connectivity index (χ0) is 9.26. The maximum absolute atomic E-state index is 6.14. The SMILES string of the molecule is Cc1cccnc1[C@H](N)C1CCC1. The van der Waals surface area contributed by atoms with Crippen molar-refractivity contribution in [2.45, 2.75) is 32.2 Å². The van der Waals surface area contributed by atoms with E-state index >= 15 is 0 Å². The van der Waals surface area contributed by atoms with Crippen LogP contribution >= 0.6 is 0 Å². The number of hydrogen-bond acceptors (Lipinski definition) is 2. The van der Waals surface area contributed by atoms with Gasteiger partial charge in [0.25, 0.3) is 0 Å². The first-order valence-corrected chi connectivity index (χ1v) is 4.96. The van der Waals surface area contributed by atoms with Crippen molar-refractivity contribution in [3.63, 3.8) is 0 Å². The van der Waals surface area contributed by atoms with Crippen LogP contribution in [0.25, 0.3) is 0 Å². The lowest BCUT2D eigenvalue weighted by Gasteiger charge is -2.31. The second kappa shape index (κ2) is 3.46. The molecule has 2 rings (SSSR count). The van der Waals surface area contributed by atoms with Gasteiger partial charge in [-0.1, -0.05) is 12.5 Å². The zero-order valence-corrected chi connectivity index (χ0v) is 8.03. The summed E-state index contributed by atoms with van der Waals surface area (Å²) in [5.41, 5.74) is 8.45. The van der Waals surface area contributed by atoms with Crippen LogP contribution in [-0.4, -0.2) is 4.98 Å². The molecule has 1 fully saturated rings. The molecule has 1 saturated carbocycles. The van der Waals surface area contributed by atoms with Crippen LogP contribution in [0.1, 0.15) is 36.6 Å². The van der Waals surface area contributed by atoms with Crippen molar-refractivity contribution in [1.82, 2.24) is 4.98 Å². The molecule has 1 heterocycles. The molecule has 0 saturated heterocycles. The molecule has 1 aromatic heterocycles. The first kappa shape index (κ1) is 8.70. The summed E-state index contributed by atoms with van der Waals surface area (Å²) in [6.07, 6.45) is 5.72. The van der Waals surface area contributed by atoms with E-state index in [9.17, 15) is 0 Å². The van der Waals surface area contributed by atoms with Gasteiger partial charge >= 0.3 is 0 Å². The fourth-order valence-electron chi connectivity index (χ4n) is 1.87. The topological polar surface area (TPSA) is 38.9 Å². The molecular weight excluding hydrogens is 160 g/mol. The van der Waals surface area contributed by atoms with Crippen molar-refractivity contribution < 1.29 is 0 Å². The Kier molecular flexibility index (Phi) is 2.32. The number of hydrogen-bond donors (Lipinski definition) is 1. The maximum atomic E-state index is 6.14. The van der Waals surface area contributed by atoms with Crippen LogP contribution < -0.4 is 5.73 Å². The number of pyridine rings is 1. The van der Waals surface area contributed by atoms with Gasteiger partial charge < -0.3 is 5.73 Å². The predicted octanol–water partition coefficient (Wildman–Crippen LogP) is 2.19. The Hall–Kier alpha value is -0.890. The molecule has 1 aliphatic carbocycles. The van der Waals surface area contributed by atoms with E-state index in [1.807, 2.05) is 12.3 Å². The Labute approximate surface area is 79.2 Å². The molecule has 1 atom stereocenters. The highest BCUT2D eigenvalue weighted by Crippen LogP contribution is 2.36. The van der Waals surface area contributed by atoms with Crippen molar-refractivity contribution >= 4 is 0 Å². The van der Waals surface area contributed by atoms with Crippen LogP contribution in [0.5, 0.6) is 0 Å². The first-order chi connectivity index (χ1) is 6.29. The third kappa shape index (κ3) is 1.59. The van der Waals surface area contributed by atoms with Crippen LogP contribution in [0.2, 0.25) is 0 Å². The highest BCUT2D eigenvalue weighted by atomic mass is 14.8. The number of rotatable bonds is 2. The lowest BCUT2D eigenvalue weighted by Crippen LogP contribution is -2.28. The van der Waals surface area contributed by atoms with Gasteiger partial charge in [0.15, 0.2) is 0 Å². The fraction of sp³-hybridized carbons (Fsp3) is 0.545. The molecule has 2 N–H and O–H groups in total.